The Balaban J connectivity index is 1.70. The number of anilines is 1. The number of rotatable bonds is 10. The second-order valence-corrected chi connectivity index (χ2v) is 7.34. The lowest BCUT2D eigenvalue weighted by Gasteiger charge is -2.29. The lowest BCUT2D eigenvalue weighted by molar-refractivity contribution is -0.116. The van der Waals surface area contributed by atoms with E-state index in [1.807, 2.05) is 6.92 Å². The molecule has 1 aromatic rings. The van der Waals surface area contributed by atoms with E-state index in [1.54, 1.807) is 32.4 Å². The maximum Gasteiger partial charge on any atom is 0.226 e. The summed E-state index contributed by atoms with van der Waals surface area (Å²) in [5, 5.41) is 6.26. The Hall–Kier alpha value is -1.79. The third-order valence-electron chi connectivity index (χ3n) is 5.13. The zero-order chi connectivity index (χ0) is 19.6. The van der Waals surface area contributed by atoms with Crippen molar-refractivity contribution in [2.75, 3.05) is 32.7 Å². The number of amides is 1. The fraction of sp³-hybridized carbons (Fsp3) is 0.667. The Bertz CT molecular complexity index is 594. The quantitative estimate of drug-likeness (QED) is 0.609. The minimum Gasteiger partial charge on any atom is -0.497 e. The van der Waals surface area contributed by atoms with Gasteiger partial charge in [0.1, 0.15) is 11.5 Å². The van der Waals surface area contributed by atoms with Crippen molar-refractivity contribution >= 4 is 11.6 Å². The number of carbonyl (C=O) groups is 1. The third-order valence-corrected chi connectivity index (χ3v) is 5.13. The molecule has 1 saturated carbocycles. The Morgan fingerprint density at radius 3 is 2.70 bits per heavy atom. The standard InChI is InChI=1S/C21H34N2O4/c1-15-7-5-6-8-19(15)27-12-11-22-16(2)13-21(24)23-18-14-17(25-3)9-10-20(18)26-4/h9-10,14-16,19,22H,5-8,11-13H2,1-4H3,(H,23,24). The average Bonchev–Trinajstić information content (AvgIpc) is 2.66. The number of hydrogen-bond acceptors (Lipinski definition) is 5. The molecule has 3 atom stereocenters. The monoisotopic (exact) mass is 378 g/mol. The summed E-state index contributed by atoms with van der Waals surface area (Å²) in [6, 6.07) is 5.40. The van der Waals surface area contributed by atoms with Crippen LogP contribution in [0.15, 0.2) is 18.2 Å². The van der Waals surface area contributed by atoms with Crippen molar-refractivity contribution in [1.82, 2.24) is 5.32 Å². The van der Waals surface area contributed by atoms with Crippen LogP contribution in [0.25, 0.3) is 0 Å². The number of nitrogens with one attached hydrogen (secondary N) is 2. The van der Waals surface area contributed by atoms with Gasteiger partial charge < -0.3 is 24.8 Å². The van der Waals surface area contributed by atoms with E-state index in [-0.39, 0.29) is 11.9 Å². The maximum absolute atomic E-state index is 12.3. The lowest BCUT2D eigenvalue weighted by atomic mass is 9.88. The van der Waals surface area contributed by atoms with Crippen LogP contribution in [0.5, 0.6) is 11.5 Å². The topological polar surface area (TPSA) is 68.8 Å². The molecule has 1 aromatic carbocycles. The van der Waals surface area contributed by atoms with Gasteiger partial charge in [-0.3, -0.25) is 4.79 Å². The van der Waals surface area contributed by atoms with Crippen molar-refractivity contribution < 1.29 is 19.0 Å². The summed E-state index contributed by atoms with van der Waals surface area (Å²) in [5.74, 6) is 1.87. The summed E-state index contributed by atoms with van der Waals surface area (Å²) in [5.41, 5.74) is 0.615. The Morgan fingerprint density at radius 1 is 1.22 bits per heavy atom. The molecule has 0 radical (unpaired) electrons. The van der Waals surface area contributed by atoms with Gasteiger partial charge in [0, 0.05) is 25.1 Å². The van der Waals surface area contributed by atoms with Gasteiger partial charge in [0.2, 0.25) is 5.91 Å². The van der Waals surface area contributed by atoms with Gasteiger partial charge >= 0.3 is 0 Å². The molecule has 0 heterocycles. The van der Waals surface area contributed by atoms with E-state index in [0.29, 0.717) is 42.2 Å². The van der Waals surface area contributed by atoms with Crippen molar-refractivity contribution in [2.45, 2.75) is 58.1 Å². The van der Waals surface area contributed by atoms with Gasteiger partial charge in [0.15, 0.2) is 0 Å². The number of hydrogen-bond donors (Lipinski definition) is 2. The molecule has 1 aliphatic rings. The molecule has 0 aliphatic heterocycles. The van der Waals surface area contributed by atoms with Crippen LogP contribution in [-0.2, 0) is 9.53 Å². The maximum atomic E-state index is 12.3. The highest BCUT2D eigenvalue weighted by Gasteiger charge is 2.21. The Kier molecular flexibility index (Phi) is 8.88. The van der Waals surface area contributed by atoms with Gasteiger partial charge in [-0.1, -0.05) is 19.8 Å². The average molecular weight is 379 g/mol. The molecule has 152 valence electrons. The SMILES string of the molecule is COc1ccc(OC)c(NC(=O)CC(C)NCCOC2CCCCC2C)c1. The van der Waals surface area contributed by atoms with Crippen molar-refractivity contribution in [3.8, 4) is 11.5 Å². The minimum absolute atomic E-state index is 0.0639. The van der Waals surface area contributed by atoms with Crippen LogP contribution in [0.2, 0.25) is 0 Å². The van der Waals surface area contributed by atoms with E-state index in [1.165, 1.54) is 25.7 Å². The first kappa shape index (κ1) is 21.5. The molecule has 1 amide bonds. The first-order chi connectivity index (χ1) is 13.0. The van der Waals surface area contributed by atoms with Gasteiger partial charge in [-0.15, -0.1) is 0 Å². The number of methoxy groups -OCH3 is 2. The van der Waals surface area contributed by atoms with Gasteiger partial charge in [-0.2, -0.15) is 0 Å². The van der Waals surface area contributed by atoms with Crippen LogP contribution < -0.4 is 20.1 Å². The summed E-state index contributed by atoms with van der Waals surface area (Å²) in [4.78, 5) is 12.3. The van der Waals surface area contributed by atoms with Crippen LogP contribution in [-0.4, -0.2) is 45.4 Å². The highest BCUT2D eigenvalue weighted by Crippen LogP contribution is 2.29. The normalized spacial score (nSPS) is 20.7. The number of ether oxygens (including phenoxy) is 3. The highest BCUT2D eigenvalue weighted by atomic mass is 16.5. The molecule has 2 rings (SSSR count). The summed E-state index contributed by atoms with van der Waals surface area (Å²) in [6.07, 6.45) is 5.79. The molecule has 2 N–H and O–H groups in total. The molecule has 6 nitrogen and oxygen atoms in total. The second-order valence-electron chi connectivity index (χ2n) is 7.34. The highest BCUT2D eigenvalue weighted by molar-refractivity contribution is 5.92. The van der Waals surface area contributed by atoms with Crippen molar-refractivity contribution in [1.29, 1.82) is 0 Å². The zero-order valence-corrected chi connectivity index (χ0v) is 17.0. The first-order valence-corrected chi connectivity index (χ1v) is 9.90. The molecule has 0 aromatic heterocycles. The van der Waals surface area contributed by atoms with Crippen LogP contribution in [0.3, 0.4) is 0 Å². The van der Waals surface area contributed by atoms with Crippen molar-refractivity contribution in [3.05, 3.63) is 18.2 Å². The summed E-state index contributed by atoms with van der Waals surface area (Å²) in [7, 11) is 3.17. The molecule has 0 spiro atoms. The largest absolute Gasteiger partial charge is 0.497 e. The lowest BCUT2D eigenvalue weighted by Crippen LogP contribution is -2.35. The van der Waals surface area contributed by atoms with Crippen LogP contribution >= 0.6 is 0 Å². The van der Waals surface area contributed by atoms with Crippen LogP contribution in [0, 0.1) is 5.92 Å². The van der Waals surface area contributed by atoms with Gasteiger partial charge in [0.25, 0.3) is 0 Å². The summed E-state index contributed by atoms with van der Waals surface area (Å²) in [6.45, 7) is 5.72. The van der Waals surface area contributed by atoms with Crippen molar-refractivity contribution in [3.63, 3.8) is 0 Å². The zero-order valence-electron chi connectivity index (χ0n) is 17.0. The molecule has 1 aliphatic carbocycles. The molecule has 3 unspecified atom stereocenters. The van der Waals surface area contributed by atoms with E-state index >= 15 is 0 Å². The van der Waals surface area contributed by atoms with Gasteiger partial charge in [0.05, 0.1) is 32.6 Å². The van der Waals surface area contributed by atoms with E-state index in [0.717, 1.165) is 6.54 Å². The fourth-order valence-electron chi connectivity index (χ4n) is 3.51. The minimum atomic E-state index is -0.0663. The predicted molar refractivity (Wildman–Crippen MR) is 108 cm³/mol. The Morgan fingerprint density at radius 2 is 2.00 bits per heavy atom. The van der Waals surface area contributed by atoms with E-state index in [4.69, 9.17) is 14.2 Å². The fourth-order valence-corrected chi connectivity index (χ4v) is 3.51. The molecule has 0 saturated heterocycles. The van der Waals surface area contributed by atoms with Crippen molar-refractivity contribution in [2.24, 2.45) is 5.92 Å². The van der Waals surface area contributed by atoms with E-state index in [9.17, 15) is 4.79 Å². The smallest absolute Gasteiger partial charge is 0.226 e. The summed E-state index contributed by atoms with van der Waals surface area (Å²) >= 11 is 0. The number of carbonyl (C=O) groups excluding carboxylic acids is 1. The molecule has 27 heavy (non-hydrogen) atoms. The molecular formula is C21H34N2O4. The van der Waals surface area contributed by atoms with Crippen LogP contribution in [0.4, 0.5) is 5.69 Å². The third kappa shape index (κ3) is 7.03. The van der Waals surface area contributed by atoms with Gasteiger partial charge in [-0.25, -0.2) is 0 Å². The Labute approximate surface area is 163 Å². The molecule has 6 heteroatoms. The first-order valence-electron chi connectivity index (χ1n) is 9.90. The molecule has 0 bridgehead atoms. The predicted octanol–water partition coefficient (Wildman–Crippen LogP) is 3.61. The second kappa shape index (κ2) is 11.1. The molecular weight excluding hydrogens is 344 g/mol. The van der Waals surface area contributed by atoms with Crippen LogP contribution in [0.1, 0.15) is 46.0 Å². The summed E-state index contributed by atoms with van der Waals surface area (Å²) < 4.78 is 16.5. The van der Waals surface area contributed by atoms with E-state index in [2.05, 4.69) is 17.6 Å². The molecule has 1 fully saturated rings. The van der Waals surface area contributed by atoms with E-state index < -0.39 is 0 Å². The van der Waals surface area contributed by atoms with Gasteiger partial charge in [-0.05, 0) is 37.8 Å². The number of benzene rings is 1.